The van der Waals surface area contributed by atoms with Crippen LogP contribution < -0.4 is 4.74 Å². The van der Waals surface area contributed by atoms with E-state index < -0.39 is 11.9 Å². The van der Waals surface area contributed by atoms with Crippen molar-refractivity contribution in [3.05, 3.63) is 77.2 Å². The molecule has 8 nitrogen and oxygen atoms in total. The van der Waals surface area contributed by atoms with Crippen LogP contribution in [0.3, 0.4) is 0 Å². The monoisotopic (exact) mass is 452 g/mol. The summed E-state index contributed by atoms with van der Waals surface area (Å²) in [6, 6.07) is 13.2. The van der Waals surface area contributed by atoms with E-state index in [1.54, 1.807) is 54.6 Å². The largest absolute Gasteiger partial charge is 0.493 e. The predicted octanol–water partition coefficient (Wildman–Crippen LogP) is 4.03. The van der Waals surface area contributed by atoms with Crippen LogP contribution in [-0.4, -0.2) is 51.3 Å². The summed E-state index contributed by atoms with van der Waals surface area (Å²) in [7, 11) is 0. The fraction of sp³-hybridized carbons (Fsp3) is 0.130. The highest BCUT2D eigenvalue weighted by atomic mass is 32.2. The Morgan fingerprint density at radius 1 is 1.12 bits per heavy atom. The van der Waals surface area contributed by atoms with Crippen LogP contribution in [0.1, 0.15) is 22.3 Å². The molecule has 2 N–H and O–H groups in total. The Labute approximate surface area is 188 Å². The lowest BCUT2D eigenvalue weighted by atomic mass is 10.2. The van der Waals surface area contributed by atoms with Crippen molar-refractivity contribution in [2.45, 2.75) is 6.42 Å². The van der Waals surface area contributed by atoms with E-state index in [4.69, 9.17) is 9.84 Å². The summed E-state index contributed by atoms with van der Waals surface area (Å²) in [6.45, 7) is 3.98. The van der Waals surface area contributed by atoms with Gasteiger partial charge in [0, 0.05) is 6.54 Å². The molecule has 1 aliphatic rings. The van der Waals surface area contributed by atoms with Gasteiger partial charge in [0.1, 0.15) is 5.75 Å². The molecule has 3 rings (SSSR count). The number of carbonyl (C=O) groups excluding carboxylic acids is 1. The van der Waals surface area contributed by atoms with Gasteiger partial charge in [-0.2, -0.15) is 0 Å². The van der Waals surface area contributed by atoms with Gasteiger partial charge in [-0.05, 0) is 47.7 Å². The van der Waals surface area contributed by atoms with Gasteiger partial charge in [-0.1, -0.05) is 30.3 Å². The second-order valence-corrected chi connectivity index (χ2v) is 7.60. The Kier molecular flexibility index (Phi) is 7.45. The zero-order chi connectivity index (χ0) is 23.1. The van der Waals surface area contributed by atoms with E-state index in [0.29, 0.717) is 15.8 Å². The van der Waals surface area contributed by atoms with Crippen LogP contribution in [0.25, 0.3) is 6.08 Å². The molecule has 1 aliphatic heterocycles. The first-order chi connectivity index (χ1) is 15.4. The third-order valence-electron chi connectivity index (χ3n) is 4.31. The van der Waals surface area contributed by atoms with Crippen LogP contribution in [0.15, 0.2) is 71.1 Å². The molecule has 0 atom stereocenters. The third-order valence-corrected chi connectivity index (χ3v) is 5.32. The standard InChI is InChI=1S/C23H20N2O6S/c1-2-12-25-21(28)19(14-15-7-9-16(10-8-15)31-13-11-20(26)27)32-23(25)24-18-6-4-3-5-17(18)22(29)30/h2-10,14H,1,11-13H2,(H,26,27)(H,29,30)/b19-14-,24-23?. The number of carboxylic acids is 2. The molecule has 1 amide bonds. The third kappa shape index (κ3) is 5.64. The van der Waals surface area contributed by atoms with E-state index in [0.717, 1.165) is 17.3 Å². The van der Waals surface area contributed by atoms with Gasteiger partial charge in [0.25, 0.3) is 5.91 Å². The first-order valence-electron chi connectivity index (χ1n) is 9.57. The van der Waals surface area contributed by atoms with Crippen LogP contribution in [0.4, 0.5) is 5.69 Å². The summed E-state index contributed by atoms with van der Waals surface area (Å²) in [6.07, 6.45) is 3.18. The van der Waals surface area contributed by atoms with Gasteiger partial charge < -0.3 is 14.9 Å². The molecule has 32 heavy (non-hydrogen) atoms. The van der Waals surface area contributed by atoms with Crippen molar-refractivity contribution in [1.29, 1.82) is 0 Å². The molecular formula is C23H20N2O6S. The fourth-order valence-corrected chi connectivity index (χ4v) is 3.81. The lowest BCUT2D eigenvalue weighted by molar-refractivity contribution is -0.137. The van der Waals surface area contributed by atoms with Gasteiger partial charge >= 0.3 is 11.9 Å². The maximum Gasteiger partial charge on any atom is 0.337 e. The lowest BCUT2D eigenvalue weighted by Gasteiger charge is -2.13. The topological polar surface area (TPSA) is 117 Å². The highest BCUT2D eigenvalue weighted by Crippen LogP contribution is 2.35. The number of carboxylic acid groups (broad SMARTS) is 2. The minimum absolute atomic E-state index is 0.0440. The number of aliphatic imine (C=N–C) groups is 1. The van der Waals surface area contributed by atoms with Gasteiger partial charge in [0.05, 0.1) is 29.2 Å². The van der Waals surface area contributed by atoms with Crippen molar-refractivity contribution in [2.75, 3.05) is 13.2 Å². The summed E-state index contributed by atoms with van der Waals surface area (Å²) in [5.74, 6) is -1.77. The van der Waals surface area contributed by atoms with Crippen molar-refractivity contribution in [3.8, 4) is 5.75 Å². The Morgan fingerprint density at radius 3 is 2.50 bits per heavy atom. The zero-order valence-electron chi connectivity index (χ0n) is 16.9. The maximum atomic E-state index is 12.9. The van der Waals surface area contributed by atoms with Crippen LogP contribution in [-0.2, 0) is 9.59 Å². The number of hydrogen-bond acceptors (Lipinski definition) is 6. The predicted molar refractivity (Wildman–Crippen MR) is 122 cm³/mol. The molecule has 0 aromatic heterocycles. The summed E-state index contributed by atoms with van der Waals surface area (Å²) < 4.78 is 5.37. The first kappa shape index (κ1) is 22.8. The summed E-state index contributed by atoms with van der Waals surface area (Å²) in [5, 5.41) is 18.4. The molecule has 2 aromatic carbocycles. The number of ether oxygens (including phenoxy) is 1. The van der Waals surface area contributed by atoms with Crippen LogP contribution >= 0.6 is 11.8 Å². The van der Waals surface area contributed by atoms with Gasteiger partial charge in [-0.25, -0.2) is 9.79 Å². The number of amidine groups is 1. The highest BCUT2D eigenvalue weighted by Gasteiger charge is 2.32. The number of carbonyl (C=O) groups is 3. The number of amides is 1. The lowest BCUT2D eigenvalue weighted by Crippen LogP contribution is -2.29. The van der Waals surface area contributed by atoms with Gasteiger partial charge in [-0.3, -0.25) is 14.5 Å². The Balaban J connectivity index is 1.84. The van der Waals surface area contributed by atoms with Crippen molar-refractivity contribution in [2.24, 2.45) is 4.99 Å². The molecule has 0 radical (unpaired) electrons. The quantitative estimate of drug-likeness (QED) is 0.436. The smallest absolute Gasteiger partial charge is 0.337 e. The maximum absolute atomic E-state index is 12.9. The van der Waals surface area contributed by atoms with Crippen molar-refractivity contribution >= 4 is 46.5 Å². The molecule has 9 heteroatoms. The molecule has 164 valence electrons. The molecule has 1 fully saturated rings. The molecule has 1 heterocycles. The van der Waals surface area contributed by atoms with Crippen LogP contribution in [0, 0.1) is 0 Å². The van der Waals surface area contributed by atoms with E-state index in [-0.39, 0.29) is 36.7 Å². The van der Waals surface area contributed by atoms with Crippen molar-refractivity contribution in [1.82, 2.24) is 4.90 Å². The molecule has 0 saturated carbocycles. The number of para-hydroxylation sites is 1. The summed E-state index contributed by atoms with van der Waals surface area (Å²) >= 11 is 1.15. The minimum Gasteiger partial charge on any atom is -0.493 e. The van der Waals surface area contributed by atoms with Gasteiger partial charge in [0.15, 0.2) is 5.17 Å². The van der Waals surface area contributed by atoms with Gasteiger partial charge in [-0.15, -0.1) is 6.58 Å². The molecule has 0 bridgehead atoms. The zero-order valence-corrected chi connectivity index (χ0v) is 17.7. The van der Waals surface area contributed by atoms with E-state index >= 15 is 0 Å². The average Bonchev–Trinajstić information content (AvgIpc) is 3.04. The molecular weight excluding hydrogens is 432 g/mol. The Bertz CT molecular complexity index is 1110. The molecule has 0 spiro atoms. The Morgan fingerprint density at radius 2 is 1.84 bits per heavy atom. The number of aliphatic carboxylic acids is 1. The van der Waals surface area contributed by atoms with Crippen LogP contribution in [0.5, 0.6) is 5.75 Å². The number of aromatic carboxylic acids is 1. The second kappa shape index (κ2) is 10.5. The number of nitrogens with zero attached hydrogens (tertiary/aromatic N) is 2. The molecule has 1 saturated heterocycles. The minimum atomic E-state index is -1.10. The second-order valence-electron chi connectivity index (χ2n) is 6.59. The average molecular weight is 452 g/mol. The van der Waals surface area contributed by atoms with Crippen LogP contribution in [0.2, 0.25) is 0 Å². The molecule has 2 aromatic rings. The summed E-state index contributed by atoms with van der Waals surface area (Å²) in [4.78, 5) is 41.2. The highest BCUT2D eigenvalue weighted by molar-refractivity contribution is 8.18. The number of rotatable bonds is 9. The number of hydrogen-bond donors (Lipinski definition) is 2. The van der Waals surface area contributed by atoms with Crippen molar-refractivity contribution < 1.29 is 29.3 Å². The molecule has 0 unspecified atom stereocenters. The van der Waals surface area contributed by atoms with E-state index in [2.05, 4.69) is 11.6 Å². The Hall–Kier alpha value is -3.85. The normalized spacial score (nSPS) is 15.9. The van der Waals surface area contributed by atoms with Gasteiger partial charge in [0.2, 0.25) is 0 Å². The first-order valence-corrected chi connectivity index (χ1v) is 10.4. The van der Waals surface area contributed by atoms with E-state index in [1.807, 2.05) is 0 Å². The fourth-order valence-electron chi connectivity index (χ4n) is 2.80. The summed E-state index contributed by atoms with van der Waals surface area (Å²) in [5.41, 5.74) is 1.05. The van der Waals surface area contributed by atoms with Crippen molar-refractivity contribution in [3.63, 3.8) is 0 Å². The van der Waals surface area contributed by atoms with E-state index in [1.165, 1.54) is 11.0 Å². The molecule has 0 aliphatic carbocycles. The number of thioether (sulfide) groups is 1. The van der Waals surface area contributed by atoms with E-state index in [9.17, 15) is 19.5 Å². The number of benzene rings is 2. The SMILES string of the molecule is C=CCN1C(=O)/C(=C/c2ccc(OCCC(=O)O)cc2)SC1=Nc1ccccc1C(=O)O.